The van der Waals surface area contributed by atoms with E-state index >= 15 is 0 Å². The van der Waals surface area contributed by atoms with Gasteiger partial charge in [0.2, 0.25) is 5.91 Å². The van der Waals surface area contributed by atoms with Gasteiger partial charge in [0.25, 0.3) is 5.91 Å². The van der Waals surface area contributed by atoms with Crippen molar-refractivity contribution in [1.82, 2.24) is 10.2 Å². The number of piperidine rings is 1. The number of fused-ring (bicyclic) bond motifs is 1. The molecule has 3 aliphatic rings. The standard InChI is InChI=1S/C21H29N3O3/c1-15(16-9-10-16)22-20(25)14-24-13-19(21(26)23-11-5-2-6-12-23)27-18-8-4-3-7-17(18)24/h3-4,7-8,15-16,19H,2,5-6,9-14H2,1H3,(H,22,25). The maximum Gasteiger partial charge on any atom is 0.265 e. The van der Waals surface area contributed by atoms with E-state index in [1.165, 1.54) is 19.3 Å². The summed E-state index contributed by atoms with van der Waals surface area (Å²) < 4.78 is 6.02. The fourth-order valence-corrected chi connectivity index (χ4v) is 4.09. The first kappa shape index (κ1) is 18.1. The predicted molar refractivity (Wildman–Crippen MR) is 104 cm³/mol. The molecule has 0 radical (unpaired) electrons. The Morgan fingerprint density at radius 3 is 2.67 bits per heavy atom. The van der Waals surface area contributed by atoms with Crippen LogP contribution in [0.5, 0.6) is 5.75 Å². The molecule has 2 aliphatic heterocycles. The van der Waals surface area contributed by atoms with Crippen LogP contribution in [-0.2, 0) is 9.59 Å². The molecule has 1 aromatic carbocycles. The van der Waals surface area contributed by atoms with Gasteiger partial charge in [-0.05, 0) is 57.1 Å². The van der Waals surface area contributed by atoms with Crippen molar-refractivity contribution in [2.75, 3.05) is 31.1 Å². The van der Waals surface area contributed by atoms with Crippen molar-refractivity contribution >= 4 is 17.5 Å². The number of amides is 2. The molecule has 0 bridgehead atoms. The minimum atomic E-state index is -0.549. The van der Waals surface area contributed by atoms with E-state index in [9.17, 15) is 9.59 Å². The summed E-state index contributed by atoms with van der Waals surface area (Å²) in [5.41, 5.74) is 0.884. The van der Waals surface area contributed by atoms with E-state index in [4.69, 9.17) is 4.74 Å². The highest BCUT2D eigenvalue weighted by atomic mass is 16.5. The summed E-state index contributed by atoms with van der Waals surface area (Å²) in [4.78, 5) is 29.4. The van der Waals surface area contributed by atoms with Gasteiger partial charge >= 0.3 is 0 Å². The number of rotatable bonds is 5. The third-order valence-corrected chi connectivity index (χ3v) is 5.86. The fourth-order valence-electron chi connectivity index (χ4n) is 4.09. The Morgan fingerprint density at radius 2 is 1.93 bits per heavy atom. The molecule has 6 nitrogen and oxygen atoms in total. The molecule has 1 N–H and O–H groups in total. The highest BCUT2D eigenvalue weighted by molar-refractivity contribution is 5.86. The van der Waals surface area contributed by atoms with Crippen molar-refractivity contribution in [3.63, 3.8) is 0 Å². The Morgan fingerprint density at radius 1 is 1.19 bits per heavy atom. The van der Waals surface area contributed by atoms with Gasteiger partial charge in [-0.1, -0.05) is 12.1 Å². The molecule has 2 heterocycles. The first-order chi connectivity index (χ1) is 13.1. The molecule has 2 amide bonds. The lowest BCUT2D eigenvalue weighted by Crippen LogP contribution is -2.53. The molecule has 146 valence electrons. The topological polar surface area (TPSA) is 61.9 Å². The van der Waals surface area contributed by atoms with Crippen LogP contribution in [0.3, 0.4) is 0 Å². The summed E-state index contributed by atoms with van der Waals surface area (Å²) in [5, 5.41) is 3.11. The van der Waals surface area contributed by atoms with Crippen molar-refractivity contribution in [2.24, 2.45) is 5.92 Å². The first-order valence-corrected chi connectivity index (χ1v) is 10.2. The molecule has 27 heavy (non-hydrogen) atoms. The maximum absolute atomic E-state index is 12.9. The molecule has 6 heteroatoms. The van der Waals surface area contributed by atoms with E-state index in [2.05, 4.69) is 12.2 Å². The van der Waals surface area contributed by atoms with Crippen LogP contribution in [-0.4, -0.2) is 55.0 Å². The van der Waals surface area contributed by atoms with Crippen LogP contribution in [0.4, 0.5) is 5.69 Å². The average molecular weight is 371 g/mol. The zero-order chi connectivity index (χ0) is 18.8. The van der Waals surface area contributed by atoms with Crippen LogP contribution in [0.1, 0.15) is 39.0 Å². The molecular formula is C21H29N3O3. The van der Waals surface area contributed by atoms with Gasteiger partial charge in [0.1, 0.15) is 5.75 Å². The van der Waals surface area contributed by atoms with Gasteiger partial charge in [-0.2, -0.15) is 0 Å². The van der Waals surface area contributed by atoms with Crippen molar-refractivity contribution in [2.45, 2.75) is 51.2 Å². The quantitative estimate of drug-likeness (QED) is 0.862. The minimum Gasteiger partial charge on any atom is -0.477 e. The summed E-state index contributed by atoms with van der Waals surface area (Å²) >= 11 is 0. The Balaban J connectivity index is 1.46. The Labute approximate surface area is 160 Å². The van der Waals surface area contributed by atoms with Crippen LogP contribution in [0.2, 0.25) is 0 Å². The summed E-state index contributed by atoms with van der Waals surface area (Å²) in [7, 11) is 0. The molecule has 2 unspecified atom stereocenters. The van der Waals surface area contributed by atoms with E-state index < -0.39 is 6.10 Å². The number of hydrogen-bond acceptors (Lipinski definition) is 4. The number of hydrogen-bond donors (Lipinski definition) is 1. The zero-order valence-corrected chi connectivity index (χ0v) is 16.0. The average Bonchev–Trinajstić information content (AvgIpc) is 3.53. The van der Waals surface area contributed by atoms with Crippen LogP contribution in [0, 0.1) is 5.92 Å². The monoisotopic (exact) mass is 371 g/mol. The van der Waals surface area contributed by atoms with Gasteiger partial charge in [-0.15, -0.1) is 0 Å². The highest BCUT2D eigenvalue weighted by Crippen LogP contribution is 2.34. The van der Waals surface area contributed by atoms with E-state index in [0.29, 0.717) is 18.2 Å². The lowest BCUT2D eigenvalue weighted by molar-refractivity contribution is -0.139. The zero-order valence-electron chi connectivity index (χ0n) is 16.0. The Hall–Kier alpha value is -2.24. The summed E-state index contributed by atoms with van der Waals surface area (Å²) in [6.07, 6.45) is 5.15. The number of likely N-dealkylation sites (tertiary alicyclic amines) is 1. The fraction of sp³-hybridized carbons (Fsp3) is 0.619. The Bertz CT molecular complexity index is 698. The second-order valence-electron chi connectivity index (χ2n) is 8.03. The number of nitrogens with zero attached hydrogens (tertiary/aromatic N) is 2. The number of carbonyl (C=O) groups is 2. The summed E-state index contributed by atoms with van der Waals surface area (Å²) in [6.45, 7) is 4.35. The van der Waals surface area contributed by atoms with Crippen LogP contribution in [0.25, 0.3) is 0 Å². The molecule has 4 rings (SSSR count). The molecule has 1 saturated carbocycles. The predicted octanol–water partition coefficient (Wildman–Crippen LogP) is 2.18. The minimum absolute atomic E-state index is 0.00951. The van der Waals surface area contributed by atoms with E-state index in [1.54, 1.807) is 0 Å². The molecular weight excluding hydrogens is 342 g/mol. The van der Waals surface area contributed by atoms with Crippen molar-refractivity contribution in [1.29, 1.82) is 0 Å². The van der Waals surface area contributed by atoms with Crippen molar-refractivity contribution in [3.05, 3.63) is 24.3 Å². The maximum atomic E-state index is 12.9. The molecule has 0 aromatic heterocycles. The third-order valence-electron chi connectivity index (χ3n) is 5.86. The number of para-hydroxylation sites is 2. The van der Waals surface area contributed by atoms with E-state index in [-0.39, 0.29) is 24.4 Å². The lowest BCUT2D eigenvalue weighted by atomic mass is 10.1. The van der Waals surface area contributed by atoms with Crippen LogP contribution >= 0.6 is 0 Å². The molecule has 2 fully saturated rings. The van der Waals surface area contributed by atoms with Gasteiger partial charge in [-0.25, -0.2) is 0 Å². The summed E-state index contributed by atoms with van der Waals surface area (Å²) in [5.74, 6) is 1.36. The number of ether oxygens (including phenoxy) is 1. The van der Waals surface area contributed by atoms with E-state index in [0.717, 1.165) is 31.6 Å². The summed E-state index contributed by atoms with van der Waals surface area (Å²) in [6, 6.07) is 7.89. The van der Waals surface area contributed by atoms with Crippen LogP contribution < -0.4 is 15.0 Å². The Kier molecular flexibility index (Phi) is 5.23. The van der Waals surface area contributed by atoms with E-state index in [1.807, 2.05) is 34.1 Å². The molecule has 0 spiro atoms. The van der Waals surface area contributed by atoms with Crippen LogP contribution in [0.15, 0.2) is 24.3 Å². The second-order valence-corrected chi connectivity index (χ2v) is 8.03. The van der Waals surface area contributed by atoms with Gasteiger partial charge in [0.05, 0.1) is 18.8 Å². The molecule has 1 aliphatic carbocycles. The van der Waals surface area contributed by atoms with Gasteiger partial charge < -0.3 is 19.9 Å². The highest BCUT2D eigenvalue weighted by Gasteiger charge is 2.35. The number of carbonyl (C=O) groups excluding carboxylic acids is 2. The van der Waals surface area contributed by atoms with Gasteiger partial charge in [-0.3, -0.25) is 9.59 Å². The lowest BCUT2D eigenvalue weighted by Gasteiger charge is -2.38. The molecule has 1 aromatic rings. The number of anilines is 1. The molecule has 1 saturated heterocycles. The van der Waals surface area contributed by atoms with Gasteiger partial charge in [0, 0.05) is 19.1 Å². The van der Waals surface area contributed by atoms with Gasteiger partial charge in [0.15, 0.2) is 6.10 Å². The third kappa shape index (κ3) is 4.20. The van der Waals surface area contributed by atoms with Crippen molar-refractivity contribution < 1.29 is 14.3 Å². The van der Waals surface area contributed by atoms with Crippen molar-refractivity contribution in [3.8, 4) is 5.75 Å². The normalized spacial score (nSPS) is 23.2. The largest absolute Gasteiger partial charge is 0.477 e. The number of benzene rings is 1. The molecule has 2 atom stereocenters. The first-order valence-electron chi connectivity index (χ1n) is 10.2. The SMILES string of the molecule is CC(NC(=O)CN1CC(C(=O)N2CCCCC2)Oc2ccccc21)C1CC1. The number of nitrogens with one attached hydrogen (secondary N) is 1. The second kappa shape index (κ2) is 7.79. The smallest absolute Gasteiger partial charge is 0.265 e.